The largest absolute Gasteiger partial charge is 0.428 e. The molecule has 3 aromatic rings. The number of hydrazone groups is 1. The van der Waals surface area contributed by atoms with Gasteiger partial charge in [-0.25, -0.2) is 9.97 Å². The van der Waals surface area contributed by atoms with Gasteiger partial charge in [-0.15, -0.1) is 32.9 Å². The van der Waals surface area contributed by atoms with Gasteiger partial charge in [0.25, 0.3) is 0 Å². The number of aromatic nitrogens is 4. The van der Waals surface area contributed by atoms with Crippen LogP contribution < -0.4 is 16.1 Å². The fourth-order valence-corrected chi connectivity index (χ4v) is 6.83. The summed E-state index contributed by atoms with van der Waals surface area (Å²) >= 11 is 3.27. The van der Waals surface area contributed by atoms with E-state index in [9.17, 15) is 0 Å². The Morgan fingerprint density at radius 2 is 1.55 bits per heavy atom. The summed E-state index contributed by atoms with van der Waals surface area (Å²) in [5.41, 5.74) is 7.57. The molecule has 53 heavy (non-hydrogen) atoms. The number of piperidine rings is 2. The molecule has 0 aromatic carbocycles. The summed E-state index contributed by atoms with van der Waals surface area (Å²) < 4.78 is 4.87. The second-order valence-electron chi connectivity index (χ2n) is 15.6. The lowest BCUT2D eigenvalue weighted by Crippen LogP contribution is -2.37. The van der Waals surface area contributed by atoms with Crippen LogP contribution in [0.4, 0.5) is 0 Å². The number of nitrogens with zero attached hydrogens (tertiary/aromatic N) is 5. The van der Waals surface area contributed by atoms with E-state index < -0.39 is 0 Å². The van der Waals surface area contributed by atoms with Crippen molar-refractivity contribution in [2.75, 3.05) is 19.6 Å². The zero-order chi connectivity index (χ0) is 39.8. The van der Waals surface area contributed by atoms with E-state index in [-0.39, 0.29) is 6.61 Å². The van der Waals surface area contributed by atoms with Crippen molar-refractivity contribution >= 4 is 34.2 Å². The van der Waals surface area contributed by atoms with Crippen LogP contribution in [0.3, 0.4) is 0 Å². The summed E-state index contributed by atoms with van der Waals surface area (Å²) in [4.78, 5) is 8.33. The first kappa shape index (κ1) is 48.4. The van der Waals surface area contributed by atoms with E-state index in [1.165, 1.54) is 63.8 Å². The van der Waals surface area contributed by atoms with E-state index in [0.717, 1.165) is 40.2 Å². The summed E-state index contributed by atoms with van der Waals surface area (Å²) in [7, 11) is 0. The lowest BCUT2D eigenvalue weighted by Gasteiger charge is -2.26. The smallest absolute Gasteiger partial charge is 0.218 e. The number of thiazole rings is 2. The van der Waals surface area contributed by atoms with Crippen LogP contribution in [-0.4, -0.2) is 62.5 Å². The standard InChI is InChI=1S/2C8H17N.C7H11NOS.C6H11N3.C6H9NS.C5H8N2O/c1-7(2)8-3-5-9-6-4-8;1-7(2)8-5-3-4-6-9-8;1-5(2)7-8-6(3-9)4-10-7;1-4(2)5-3-6(7)9-8-5;1-5(2)6-3-8-4-7-6;1-4(2)5-7-6-3-8-5/h2*7-9H,3-6H2,1-2H3;4-5,9H,3H2,1-2H3;4H,3H2,1-2H3,(H2,7,9);3-5H,1-2H3;3-4H,1-2H3. The molecular formula is C40H73N9O2S2. The van der Waals surface area contributed by atoms with Gasteiger partial charge in [0, 0.05) is 40.8 Å². The first-order valence-corrected chi connectivity index (χ1v) is 21.5. The molecule has 3 aliphatic rings. The average Bonchev–Trinajstić information content (AvgIpc) is 3.98. The maximum Gasteiger partial charge on any atom is 0.218 e. The molecule has 0 bridgehead atoms. The molecule has 302 valence electrons. The van der Waals surface area contributed by atoms with Gasteiger partial charge in [0.1, 0.15) is 5.84 Å². The Labute approximate surface area is 329 Å². The van der Waals surface area contributed by atoms with Gasteiger partial charge in [-0.3, -0.25) is 10.8 Å². The van der Waals surface area contributed by atoms with Crippen molar-refractivity contribution in [1.29, 1.82) is 5.41 Å². The number of hydrogen-bond acceptors (Lipinski definition) is 12. The van der Waals surface area contributed by atoms with Crippen LogP contribution in [-0.2, 0) is 6.61 Å². The van der Waals surface area contributed by atoms with E-state index in [1.807, 2.05) is 24.7 Å². The second kappa shape index (κ2) is 27.9. The summed E-state index contributed by atoms with van der Waals surface area (Å²) in [6.07, 6.45) is 9.01. The number of nitrogens with one attached hydrogen (secondary N) is 4. The molecule has 1 unspecified atom stereocenters. The van der Waals surface area contributed by atoms with Crippen molar-refractivity contribution in [1.82, 2.24) is 36.2 Å². The van der Waals surface area contributed by atoms with Crippen LogP contribution >= 0.6 is 22.7 Å². The van der Waals surface area contributed by atoms with Gasteiger partial charge in [-0.05, 0) is 74.9 Å². The number of hydrogen-bond donors (Lipinski definition) is 5. The Kier molecular flexibility index (Phi) is 25.5. The molecule has 0 spiro atoms. The van der Waals surface area contributed by atoms with E-state index in [1.54, 1.807) is 22.7 Å². The first-order valence-electron chi connectivity index (χ1n) is 19.7. The van der Waals surface area contributed by atoms with Crippen molar-refractivity contribution in [3.63, 3.8) is 0 Å². The Morgan fingerprint density at radius 1 is 0.849 bits per heavy atom. The highest BCUT2D eigenvalue weighted by Crippen LogP contribution is 2.21. The lowest BCUT2D eigenvalue weighted by atomic mass is 9.87. The molecule has 6 heterocycles. The summed E-state index contributed by atoms with van der Waals surface area (Å²) in [5.74, 6) is 5.80. The fraction of sp³-hybridized carbons (Fsp3) is 0.750. The molecule has 2 fully saturated rings. The SMILES string of the molecule is CC(C)C1=NNC(=N)C1.CC(C)C1CCCCN1.CC(C)C1CCNCC1.CC(C)c1cscn1.CC(C)c1nc(CO)cs1.CC(C)c1nnco1. The minimum atomic E-state index is 0.0588. The highest BCUT2D eigenvalue weighted by Gasteiger charge is 2.16. The molecule has 11 nitrogen and oxygen atoms in total. The normalized spacial score (nSPS) is 17.1. The van der Waals surface area contributed by atoms with Gasteiger partial charge in [-0.1, -0.05) is 89.5 Å². The topological polar surface area (TPSA) is 157 Å². The minimum Gasteiger partial charge on any atom is -0.428 e. The molecule has 0 saturated carbocycles. The Hall–Kier alpha value is -2.58. The zero-order valence-electron chi connectivity index (χ0n) is 34.9. The van der Waals surface area contributed by atoms with Gasteiger partial charge in [-0.2, -0.15) is 5.10 Å². The highest BCUT2D eigenvalue weighted by molar-refractivity contribution is 7.09. The van der Waals surface area contributed by atoms with Crippen LogP contribution in [0.5, 0.6) is 0 Å². The molecule has 6 rings (SSSR count). The van der Waals surface area contributed by atoms with Crippen molar-refractivity contribution in [2.45, 2.75) is 152 Å². The van der Waals surface area contributed by atoms with Crippen LogP contribution in [0.25, 0.3) is 0 Å². The molecule has 0 aliphatic carbocycles. The van der Waals surface area contributed by atoms with E-state index in [0.29, 0.717) is 41.8 Å². The molecule has 2 saturated heterocycles. The van der Waals surface area contributed by atoms with Gasteiger partial charge in [0.2, 0.25) is 12.3 Å². The average molecular weight is 776 g/mol. The van der Waals surface area contributed by atoms with Crippen molar-refractivity contribution in [3.8, 4) is 0 Å². The van der Waals surface area contributed by atoms with Gasteiger partial charge in [0.15, 0.2) is 0 Å². The summed E-state index contributed by atoms with van der Waals surface area (Å²) in [6, 6.07) is 0.804. The third-order valence-corrected chi connectivity index (χ3v) is 10.8. The van der Waals surface area contributed by atoms with Crippen LogP contribution in [0, 0.1) is 29.1 Å². The quantitative estimate of drug-likeness (QED) is 0.158. The van der Waals surface area contributed by atoms with Crippen molar-refractivity contribution in [3.05, 3.63) is 45.0 Å². The van der Waals surface area contributed by atoms with Gasteiger partial charge >= 0.3 is 0 Å². The van der Waals surface area contributed by atoms with Crippen LogP contribution in [0.2, 0.25) is 0 Å². The maximum atomic E-state index is 8.68. The summed E-state index contributed by atoms with van der Waals surface area (Å²) in [6.45, 7) is 29.7. The molecule has 0 radical (unpaired) electrons. The monoisotopic (exact) mass is 776 g/mol. The Bertz CT molecular complexity index is 1270. The number of amidine groups is 1. The predicted octanol–water partition coefficient (Wildman–Crippen LogP) is 9.61. The highest BCUT2D eigenvalue weighted by atomic mass is 32.1. The number of aliphatic hydroxyl groups excluding tert-OH is 1. The van der Waals surface area contributed by atoms with Crippen LogP contribution in [0.1, 0.15) is 162 Å². The molecule has 1 atom stereocenters. The minimum absolute atomic E-state index is 0.0588. The lowest BCUT2D eigenvalue weighted by molar-refractivity contribution is 0.277. The molecule has 3 aliphatic heterocycles. The fourth-order valence-electron chi connectivity index (χ4n) is 5.29. The van der Waals surface area contributed by atoms with Crippen LogP contribution in [0.15, 0.2) is 32.2 Å². The summed E-state index contributed by atoms with van der Waals surface area (Å²) in [5, 5.41) is 39.0. The van der Waals surface area contributed by atoms with Crippen molar-refractivity contribution in [2.24, 2.45) is 28.8 Å². The zero-order valence-corrected chi connectivity index (χ0v) is 36.5. The Morgan fingerprint density at radius 3 is 1.83 bits per heavy atom. The predicted molar refractivity (Wildman–Crippen MR) is 225 cm³/mol. The molecular weight excluding hydrogens is 703 g/mol. The van der Waals surface area contributed by atoms with E-state index in [4.69, 9.17) is 14.9 Å². The number of aliphatic hydroxyl groups is 1. The van der Waals surface area contributed by atoms with Crippen molar-refractivity contribution < 1.29 is 9.52 Å². The van der Waals surface area contributed by atoms with E-state index in [2.05, 4.69) is 116 Å². The van der Waals surface area contributed by atoms with Gasteiger partial charge < -0.3 is 20.2 Å². The number of rotatable bonds is 7. The van der Waals surface area contributed by atoms with E-state index >= 15 is 0 Å². The van der Waals surface area contributed by atoms with Gasteiger partial charge in [0.05, 0.1) is 28.5 Å². The first-order chi connectivity index (χ1) is 25.2. The third kappa shape index (κ3) is 21.8. The Balaban J connectivity index is 0.000000318. The second-order valence-corrected chi connectivity index (χ2v) is 17.3. The molecule has 13 heteroatoms. The third-order valence-electron chi connectivity index (χ3n) is 8.98. The molecule has 0 amide bonds. The molecule has 5 N–H and O–H groups in total. The molecule has 3 aromatic heterocycles. The maximum absolute atomic E-state index is 8.68.